The Bertz CT molecular complexity index is 560. The fourth-order valence-electron chi connectivity index (χ4n) is 1.94. The molecule has 1 nitrogen and oxygen atoms in total. The highest BCUT2D eigenvalue weighted by atomic mass is 35.5. The van der Waals surface area contributed by atoms with Crippen molar-refractivity contribution in [3.8, 4) is 0 Å². The molecule has 2 aromatic rings. The Balaban J connectivity index is 2.18. The topological polar surface area (TPSA) is 13.1 Å². The van der Waals surface area contributed by atoms with Crippen LogP contribution in [0.4, 0.5) is 0 Å². The lowest BCUT2D eigenvalue weighted by Crippen LogP contribution is -1.96. The zero-order valence-electron chi connectivity index (χ0n) is 10.1. The van der Waals surface area contributed by atoms with Gasteiger partial charge in [-0.05, 0) is 44.0 Å². The fourth-order valence-corrected chi connectivity index (χ4v) is 2.66. The largest absolute Gasteiger partial charge is 0.466 e. The van der Waals surface area contributed by atoms with Crippen molar-refractivity contribution in [2.24, 2.45) is 0 Å². The number of aryl methyl sites for hydroxylation is 2. The zero-order valence-corrected chi connectivity index (χ0v) is 12.4. The van der Waals surface area contributed by atoms with E-state index in [-0.39, 0.29) is 5.38 Å². The lowest BCUT2D eigenvalue weighted by molar-refractivity contribution is 0.500. The van der Waals surface area contributed by atoms with Crippen LogP contribution in [0.3, 0.4) is 0 Å². The summed E-state index contributed by atoms with van der Waals surface area (Å²) in [5.74, 6) is 1.75. The molecule has 18 heavy (non-hydrogen) atoms. The molecule has 0 spiro atoms. The molecule has 96 valence electrons. The minimum Gasteiger partial charge on any atom is -0.466 e. The van der Waals surface area contributed by atoms with Crippen LogP contribution < -0.4 is 0 Å². The molecule has 1 heterocycles. The Morgan fingerprint density at radius 1 is 1.11 bits per heavy atom. The van der Waals surface area contributed by atoms with Gasteiger partial charge in [-0.1, -0.05) is 29.3 Å². The summed E-state index contributed by atoms with van der Waals surface area (Å²) in [5, 5.41) is 0.986. The predicted molar refractivity (Wildman–Crippen MR) is 76.9 cm³/mol. The standard InChI is InChI=1S/C14H13Cl3O/c1-8-5-11(9(2)18-8)13(16)6-10-3-4-12(15)14(17)7-10/h3-5,7,13H,6H2,1-2H3. The van der Waals surface area contributed by atoms with Gasteiger partial charge in [-0.3, -0.25) is 0 Å². The Hall–Kier alpha value is -0.630. The molecule has 0 amide bonds. The van der Waals surface area contributed by atoms with Crippen molar-refractivity contribution in [1.29, 1.82) is 0 Å². The molecule has 0 fully saturated rings. The molecule has 0 N–H and O–H groups in total. The van der Waals surface area contributed by atoms with Crippen molar-refractivity contribution < 1.29 is 4.42 Å². The van der Waals surface area contributed by atoms with Crippen molar-refractivity contribution in [1.82, 2.24) is 0 Å². The molecule has 0 saturated heterocycles. The number of furan rings is 1. The lowest BCUT2D eigenvalue weighted by atomic mass is 10.0. The van der Waals surface area contributed by atoms with Gasteiger partial charge in [-0.15, -0.1) is 11.6 Å². The van der Waals surface area contributed by atoms with Crippen LogP contribution in [-0.2, 0) is 6.42 Å². The second-order valence-corrected chi connectivity index (χ2v) is 5.63. The summed E-state index contributed by atoms with van der Waals surface area (Å²) < 4.78 is 5.48. The first-order valence-electron chi connectivity index (χ1n) is 5.62. The molecule has 1 aromatic carbocycles. The van der Waals surface area contributed by atoms with Crippen LogP contribution in [0.15, 0.2) is 28.7 Å². The summed E-state index contributed by atoms with van der Waals surface area (Å²) in [6, 6.07) is 7.55. The van der Waals surface area contributed by atoms with E-state index in [0.29, 0.717) is 16.5 Å². The van der Waals surface area contributed by atoms with E-state index < -0.39 is 0 Å². The molecular weight excluding hydrogens is 291 g/mol. The monoisotopic (exact) mass is 302 g/mol. The van der Waals surface area contributed by atoms with Gasteiger partial charge < -0.3 is 4.42 Å². The lowest BCUT2D eigenvalue weighted by Gasteiger charge is -2.09. The number of hydrogen-bond acceptors (Lipinski definition) is 1. The van der Waals surface area contributed by atoms with E-state index in [1.165, 1.54) is 0 Å². The van der Waals surface area contributed by atoms with Gasteiger partial charge >= 0.3 is 0 Å². The maximum atomic E-state index is 6.42. The highest BCUT2D eigenvalue weighted by molar-refractivity contribution is 6.42. The highest BCUT2D eigenvalue weighted by Crippen LogP contribution is 2.31. The van der Waals surface area contributed by atoms with Gasteiger partial charge in [0.2, 0.25) is 0 Å². The van der Waals surface area contributed by atoms with E-state index in [1.807, 2.05) is 32.0 Å². The molecule has 1 aromatic heterocycles. The first-order valence-corrected chi connectivity index (χ1v) is 6.81. The van der Waals surface area contributed by atoms with Crippen molar-refractivity contribution >= 4 is 34.8 Å². The van der Waals surface area contributed by atoms with Gasteiger partial charge in [-0.25, -0.2) is 0 Å². The van der Waals surface area contributed by atoms with Crippen LogP contribution in [0, 0.1) is 13.8 Å². The van der Waals surface area contributed by atoms with E-state index in [9.17, 15) is 0 Å². The third-order valence-corrected chi connectivity index (χ3v) is 3.94. The second-order valence-electron chi connectivity index (χ2n) is 4.29. The molecule has 1 atom stereocenters. The molecule has 2 rings (SSSR count). The van der Waals surface area contributed by atoms with Crippen LogP contribution in [-0.4, -0.2) is 0 Å². The van der Waals surface area contributed by atoms with Crippen molar-refractivity contribution in [3.05, 3.63) is 57.0 Å². The van der Waals surface area contributed by atoms with Crippen LogP contribution in [0.2, 0.25) is 10.0 Å². The summed E-state index contributed by atoms with van der Waals surface area (Å²) in [7, 11) is 0. The van der Waals surface area contributed by atoms with E-state index in [0.717, 1.165) is 22.6 Å². The summed E-state index contributed by atoms with van der Waals surface area (Å²) in [5.41, 5.74) is 2.09. The Kier molecular flexibility index (Phi) is 4.26. The normalized spacial score (nSPS) is 12.7. The first-order chi connectivity index (χ1) is 8.47. The third-order valence-electron chi connectivity index (χ3n) is 2.82. The number of benzene rings is 1. The third kappa shape index (κ3) is 3.03. The van der Waals surface area contributed by atoms with Gasteiger partial charge in [-0.2, -0.15) is 0 Å². The van der Waals surface area contributed by atoms with E-state index >= 15 is 0 Å². The summed E-state index contributed by atoms with van der Waals surface area (Å²) in [6.45, 7) is 3.84. The number of rotatable bonds is 3. The minimum atomic E-state index is -0.125. The Morgan fingerprint density at radius 2 is 1.83 bits per heavy atom. The Morgan fingerprint density at radius 3 is 2.39 bits per heavy atom. The smallest absolute Gasteiger partial charge is 0.105 e. The first kappa shape index (κ1) is 13.8. The van der Waals surface area contributed by atoms with Gasteiger partial charge in [0.1, 0.15) is 11.5 Å². The van der Waals surface area contributed by atoms with Crippen molar-refractivity contribution in [2.75, 3.05) is 0 Å². The number of alkyl halides is 1. The summed E-state index contributed by atoms with van der Waals surface area (Å²) >= 11 is 18.3. The fraction of sp³-hybridized carbons (Fsp3) is 0.286. The van der Waals surface area contributed by atoms with Gasteiger partial charge in [0.25, 0.3) is 0 Å². The number of hydrogen-bond donors (Lipinski definition) is 0. The second kappa shape index (κ2) is 5.56. The van der Waals surface area contributed by atoms with Crippen LogP contribution in [0.5, 0.6) is 0 Å². The minimum absolute atomic E-state index is 0.125. The molecule has 0 aliphatic heterocycles. The summed E-state index contributed by atoms with van der Waals surface area (Å²) in [4.78, 5) is 0. The average Bonchev–Trinajstić information content (AvgIpc) is 2.63. The highest BCUT2D eigenvalue weighted by Gasteiger charge is 2.15. The molecule has 0 saturated carbocycles. The van der Waals surface area contributed by atoms with Crippen LogP contribution >= 0.6 is 34.8 Å². The zero-order chi connectivity index (χ0) is 13.3. The maximum absolute atomic E-state index is 6.42. The molecule has 4 heteroatoms. The molecular formula is C14H13Cl3O. The SMILES string of the molecule is Cc1cc(C(Cl)Cc2ccc(Cl)c(Cl)c2)c(C)o1. The van der Waals surface area contributed by atoms with E-state index in [1.54, 1.807) is 6.07 Å². The quantitative estimate of drug-likeness (QED) is 0.660. The van der Waals surface area contributed by atoms with Gasteiger partial charge in [0, 0.05) is 5.56 Å². The van der Waals surface area contributed by atoms with E-state index in [2.05, 4.69) is 0 Å². The predicted octanol–water partition coefficient (Wildman–Crippen LogP) is 5.73. The molecule has 0 bridgehead atoms. The Labute approximate surface area is 122 Å². The van der Waals surface area contributed by atoms with Gasteiger partial charge in [0.15, 0.2) is 0 Å². The average molecular weight is 304 g/mol. The molecule has 0 radical (unpaired) electrons. The molecule has 0 aliphatic carbocycles. The number of halogens is 3. The van der Waals surface area contributed by atoms with Crippen LogP contribution in [0.25, 0.3) is 0 Å². The van der Waals surface area contributed by atoms with Crippen molar-refractivity contribution in [3.63, 3.8) is 0 Å². The van der Waals surface area contributed by atoms with Gasteiger partial charge in [0.05, 0.1) is 15.4 Å². The van der Waals surface area contributed by atoms with E-state index in [4.69, 9.17) is 39.2 Å². The maximum Gasteiger partial charge on any atom is 0.105 e. The van der Waals surface area contributed by atoms with Crippen molar-refractivity contribution in [2.45, 2.75) is 25.6 Å². The van der Waals surface area contributed by atoms with Crippen LogP contribution in [0.1, 0.15) is 28.0 Å². The summed E-state index contributed by atoms with van der Waals surface area (Å²) in [6.07, 6.45) is 0.693. The molecule has 1 unspecified atom stereocenters. The molecule has 0 aliphatic rings.